The van der Waals surface area contributed by atoms with Crippen molar-refractivity contribution in [2.24, 2.45) is 0 Å². The molecule has 1 saturated carbocycles. The number of hydrogen-bond acceptors (Lipinski definition) is 1. The first-order valence-corrected chi connectivity index (χ1v) is 4.52. The molecule has 0 unspecified atom stereocenters. The molecule has 0 heterocycles. The van der Waals surface area contributed by atoms with Gasteiger partial charge < -0.3 is 4.74 Å². The van der Waals surface area contributed by atoms with E-state index in [1.807, 2.05) is 12.1 Å². The summed E-state index contributed by atoms with van der Waals surface area (Å²) in [6, 6.07) is 11.1. The van der Waals surface area contributed by atoms with Crippen molar-refractivity contribution in [3.8, 4) is 0 Å². The third kappa shape index (κ3) is 2.35. The van der Waals surface area contributed by atoms with E-state index in [2.05, 4.69) is 18.2 Å². The second-order valence-electron chi connectivity index (χ2n) is 3.23. The fourth-order valence-corrected chi connectivity index (χ4v) is 1.17. The molecule has 2 rings (SSSR count). The summed E-state index contributed by atoms with van der Waals surface area (Å²) in [7, 11) is 0. The largest absolute Gasteiger partial charge is 0.378 e. The van der Waals surface area contributed by atoms with Crippen LogP contribution in [0.5, 0.6) is 0 Å². The second kappa shape index (κ2) is 3.72. The summed E-state index contributed by atoms with van der Waals surface area (Å²) in [6.07, 6.45) is 4.15. The molecule has 0 atom stereocenters. The van der Waals surface area contributed by atoms with Gasteiger partial charge >= 0.3 is 0 Å². The van der Waals surface area contributed by atoms with Gasteiger partial charge in [0.15, 0.2) is 0 Å². The lowest BCUT2D eigenvalue weighted by Gasteiger charge is -2.01. The van der Waals surface area contributed by atoms with E-state index in [0.717, 1.165) is 13.0 Å². The standard InChI is InChI=1S/C11H13O/c1-2-4-10(5-3-1)8-9-12-11-6-7-11/h2-5,11H,6-9H2. The fraction of sp³-hybridized carbons (Fsp3) is 0.455. The summed E-state index contributed by atoms with van der Waals surface area (Å²) in [5.41, 5.74) is 1.34. The van der Waals surface area contributed by atoms with Crippen LogP contribution in [-0.4, -0.2) is 12.7 Å². The summed E-state index contributed by atoms with van der Waals surface area (Å²) in [5, 5.41) is 0. The predicted octanol–water partition coefficient (Wildman–Crippen LogP) is 2.21. The molecule has 1 heteroatoms. The molecule has 0 aromatic heterocycles. The van der Waals surface area contributed by atoms with Crippen LogP contribution >= 0.6 is 0 Å². The molecule has 63 valence electrons. The van der Waals surface area contributed by atoms with Crippen LogP contribution in [0, 0.1) is 6.07 Å². The van der Waals surface area contributed by atoms with Crippen molar-refractivity contribution in [2.75, 3.05) is 6.61 Å². The third-order valence-corrected chi connectivity index (χ3v) is 2.06. The average Bonchev–Trinajstić information content (AvgIpc) is 2.90. The van der Waals surface area contributed by atoms with Crippen LogP contribution in [0.3, 0.4) is 0 Å². The molecule has 12 heavy (non-hydrogen) atoms. The average molecular weight is 161 g/mol. The van der Waals surface area contributed by atoms with Crippen LogP contribution < -0.4 is 0 Å². The van der Waals surface area contributed by atoms with Gasteiger partial charge in [-0.15, -0.1) is 0 Å². The maximum atomic E-state index is 5.55. The van der Waals surface area contributed by atoms with Gasteiger partial charge in [-0.2, -0.15) is 0 Å². The molecule has 0 N–H and O–H groups in total. The highest BCUT2D eigenvalue weighted by Crippen LogP contribution is 2.23. The third-order valence-electron chi connectivity index (χ3n) is 2.06. The van der Waals surface area contributed by atoms with Crippen molar-refractivity contribution in [1.29, 1.82) is 0 Å². The zero-order chi connectivity index (χ0) is 8.23. The molecule has 0 aliphatic heterocycles. The lowest BCUT2D eigenvalue weighted by Crippen LogP contribution is -1.99. The minimum absolute atomic E-state index is 0.584. The first-order valence-electron chi connectivity index (χ1n) is 4.52. The Morgan fingerprint density at radius 2 is 2.08 bits per heavy atom. The summed E-state index contributed by atoms with van der Waals surface area (Å²) in [4.78, 5) is 0. The number of hydrogen-bond donors (Lipinski definition) is 0. The predicted molar refractivity (Wildman–Crippen MR) is 48.0 cm³/mol. The zero-order valence-electron chi connectivity index (χ0n) is 7.12. The van der Waals surface area contributed by atoms with Crippen LogP contribution in [-0.2, 0) is 11.2 Å². The molecular formula is C11H13O. The quantitative estimate of drug-likeness (QED) is 0.657. The maximum Gasteiger partial charge on any atom is 0.0577 e. The Kier molecular flexibility index (Phi) is 2.42. The van der Waals surface area contributed by atoms with Gasteiger partial charge in [0.1, 0.15) is 0 Å². The van der Waals surface area contributed by atoms with Crippen molar-refractivity contribution < 1.29 is 4.74 Å². The van der Waals surface area contributed by atoms with Gasteiger partial charge in [0.05, 0.1) is 12.7 Å². The van der Waals surface area contributed by atoms with Gasteiger partial charge in [-0.25, -0.2) is 0 Å². The molecule has 1 fully saturated rings. The molecule has 1 aromatic carbocycles. The Balaban J connectivity index is 1.72. The number of benzene rings is 1. The van der Waals surface area contributed by atoms with E-state index in [1.54, 1.807) is 0 Å². The van der Waals surface area contributed by atoms with Crippen molar-refractivity contribution >= 4 is 0 Å². The van der Waals surface area contributed by atoms with Gasteiger partial charge in [-0.05, 0) is 30.9 Å². The lowest BCUT2D eigenvalue weighted by molar-refractivity contribution is 0.122. The summed E-state index contributed by atoms with van der Waals surface area (Å²) in [6.45, 7) is 0.870. The summed E-state index contributed by atoms with van der Waals surface area (Å²) >= 11 is 0. The minimum Gasteiger partial charge on any atom is -0.378 e. The highest BCUT2D eigenvalue weighted by atomic mass is 16.5. The van der Waals surface area contributed by atoms with Gasteiger partial charge in [0.2, 0.25) is 0 Å². The van der Waals surface area contributed by atoms with Crippen LogP contribution in [0.15, 0.2) is 24.3 Å². The highest BCUT2D eigenvalue weighted by Gasteiger charge is 2.21. The Hall–Kier alpha value is -0.820. The van der Waals surface area contributed by atoms with E-state index in [0.29, 0.717) is 6.10 Å². The Morgan fingerprint density at radius 1 is 1.33 bits per heavy atom. The molecule has 1 radical (unpaired) electrons. The first-order chi connectivity index (χ1) is 5.95. The van der Waals surface area contributed by atoms with Crippen molar-refractivity contribution in [2.45, 2.75) is 25.4 Å². The summed E-state index contributed by atoms with van der Waals surface area (Å²) < 4.78 is 5.55. The van der Waals surface area contributed by atoms with Crippen LogP contribution in [0.25, 0.3) is 0 Å². The van der Waals surface area contributed by atoms with Crippen LogP contribution in [0.4, 0.5) is 0 Å². The Morgan fingerprint density at radius 3 is 2.75 bits per heavy atom. The van der Waals surface area contributed by atoms with Crippen LogP contribution in [0.2, 0.25) is 0 Å². The molecular weight excluding hydrogens is 148 g/mol. The van der Waals surface area contributed by atoms with Gasteiger partial charge in [-0.1, -0.05) is 24.3 Å². The Bertz CT molecular complexity index is 226. The molecule has 0 spiro atoms. The van der Waals surface area contributed by atoms with Crippen molar-refractivity contribution in [3.05, 3.63) is 35.9 Å². The van der Waals surface area contributed by atoms with Crippen LogP contribution in [0.1, 0.15) is 18.4 Å². The molecule has 0 bridgehead atoms. The molecule has 1 aliphatic carbocycles. The number of ether oxygens (including phenoxy) is 1. The van der Waals surface area contributed by atoms with E-state index in [-0.39, 0.29) is 0 Å². The minimum atomic E-state index is 0.584. The van der Waals surface area contributed by atoms with Gasteiger partial charge in [0.25, 0.3) is 0 Å². The van der Waals surface area contributed by atoms with Gasteiger partial charge in [0, 0.05) is 0 Å². The van der Waals surface area contributed by atoms with Gasteiger partial charge in [-0.3, -0.25) is 0 Å². The second-order valence-corrected chi connectivity index (χ2v) is 3.23. The van der Waals surface area contributed by atoms with Crippen molar-refractivity contribution in [1.82, 2.24) is 0 Å². The van der Waals surface area contributed by atoms with E-state index >= 15 is 0 Å². The first kappa shape index (κ1) is 7.81. The highest BCUT2D eigenvalue weighted by molar-refractivity contribution is 5.13. The smallest absolute Gasteiger partial charge is 0.0577 e. The SMILES string of the molecule is [c]1ccc(CCOC2CC2)cc1. The Labute approximate surface area is 73.4 Å². The summed E-state index contributed by atoms with van der Waals surface area (Å²) in [5.74, 6) is 0. The number of rotatable bonds is 4. The topological polar surface area (TPSA) is 9.23 Å². The fourth-order valence-electron chi connectivity index (χ4n) is 1.17. The normalized spacial score (nSPS) is 16.3. The van der Waals surface area contributed by atoms with E-state index < -0.39 is 0 Å². The zero-order valence-corrected chi connectivity index (χ0v) is 7.12. The monoisotopic (exact) mass is 161 g/mol. The van der Waals surface area contributed by atoms with E-state index in [9.17, 15) is 0 Å². The molecule has 1 aliphatic rings. The maximum absolute atomic E-state index is 5.55. The molecule has 1 nitrogen and oxygen atoms in total. The lowest BCUT2D eigenvalue weighted by atomic mass is 10.2. The van der Waals surface area contributed by atoms with E-state index in [4.69, 9.17) is 4.74 Å². The molecule has 1 aromatic rings. The molecule has 0 saturated heterocycles. The molecule has 0 amide bonds. The van der Waals surface area contributed by atoms with E-state index in [1.165, 1.54) is 18.4 Å². The van der Waals surface area contributed by atoms with Crippen molar-refractivity contribution in [3.63, 3.8) is 0 Å².